The highest BCUT2D eigenvalue weighted by Crippen LogP contribution is 2.31. The van der Waals surface area contributed by atoms with E-state index in [4.69, 9.17) is 10.2 Å². The van der Waals surface area contributed by atoms with Gasteiger partial charge in [-0.15, -0.1) is 0 Å². The van der Waals surface area contributed by atoms with Gasteiger partial charge >= 0.3 is 11.9 Å². The van der Waals surface area contributed by atoms with Crippen LogP contribution in [0.5, 0.6) is 0 Å². The molecular weight excluding hydrogens is 282 g/mol. The molecule has 2 atom stereocenters. The van der Waals surface area contributed by atoms with E-state index in [0.717, 1.165) is 0 Å². The van der Waals surface area contributed by atoms with Crippen LogP contribution in [0.1, 0.15) is 44.9 Å². The Labute approximate surface area is 130 Å². The summed E-state index contributed by atoms with van der Waals surface area (Å²) in [4.78, 5) is 19.3. The first kappa shape index (κ1) is 16.5. The molecular formula is C17H23NO4. The van der Waals surface area contributed by atoms with Gasteiger partial charge in [-0.25, -0.2) is 0 Å². The highest BCUT2D eigenvalue weighted by atomic mass is 16.4. The van der Waals surface area contributed by atoms with Crippen LogP contribution in [0.2, 0.25) is 0 Å². The van der Waals surface area contributed by atoms with E-state index in [9.17, 15) is 9.59 Å². The Morgan fingerprint density at radius 1 is 1.14 bits per heavy atom. The van der Waals surface area contributed by atoms with E-state index in [-0.39, 0.29) is 12.8 Å². The number of allylic oxidation sites excluding steroid dienone is 2. The third-order valence-electron chi connectivity index (χ3n) is 4.16. The molecule has 1 heterocycles. The fourth-order valence-electron chi connectivity index (χ4n) is 3.03. The molecule has 0 radical (unpaired) electrons. The van der Waals surface area contributed by atoms with Crippen molar-refractivity contribution >= 4 is 11.9 Å². The molecule has 0 saturated heterocycles. The number of aliphatic carboxylic acids is 2. The van der Waals surface area contributed by atoms with Gasteiger partial charge in [-0.2, -0.15) is 0 Å². The molecule has 120 valence electrons. The SMILES string of the molecule is C1=CCC2NC3CCCCC3=CC2=C1.O=C(O)CCC(=O)O. The number of carboxylic acids is 2. The van der Waals surface area contributed by atoms with E-state index < -0.39 is 11.9 Å². The average Bonchev–Trinajstić information content (AvgIpc) is 2.51. The standard InChI is InChI=1S/C13H17N.C4H6O4/c1-3-7-12-10(5-1)9-11-6-2-4-8-13(11)14-12;5-3(6)1-2-4(7)8/h1,3,5,9,12-14H,2,4,6-8H2;1-2H2,(H,5,6)(H,7,8). The number of nitrogens with one attached hydrogen (secondary N) is 1. The minimum absolute atomic E-state index is 0.296. The molecule has 3 aliphatic rings. The highest BCUT2D eigenvalue weighted by Gasteiger charge is 2.27. The molecule has 2 unspecified atom stereocenters. The fourth-order valence-corrected chi connectivity index (χ4v) is 3.03. The second-order valence-corrected chi connectivity index (χ2v) is 5.85. The third kappa shape index (κ3) is 4.84. The van der Waals surface area contributed by atoms with E-state index in [2.05, 4.69) is 29.6 Å². The van der Waals surface area contributed by atoms with Crippen molar-refractivity contribution in [3.8, 4) is 0 Å². The van der Waals surface area contributed by atoms with Crippen molar-refractivity contribution in [3.05, 3.63) is 35.5 Å². The zero-order chi connectivity index (χ0) is 15.9. The van der Waals surface area contributed by atoms with Crippen LogP contribution < -0.4 is 5.32 Å². The molecule has 5 heteroatoms. The number of hydrogen-bond donors (Lipinski definition) is 3. The third-order valence-corrected chi connectivity index (χ3v) is 4.16. The lowest BCUT2D eigenvalue weighted by atomic mass is 9.82. The number of carboxylic acid groups (broad SMARTS) is 2. The van der Waals surface area contributed by atoms with Gasteiger partial charge in [-0.3, -0.25) is 9.59 Å². The van der Waals surface area contributed by atoms with Crippen LogP contribution in [0.25, 0.3) is 0 Å². The van der Waals surface area contributed by atoms with Crippen LogP contribution in [-0.2, 0) is 9.59 Å². The summed E-state index contributed by atoms with van der Waals surface area (Å²) in [5.74, 6) is -2.15. The number of hydrogen-bond acceptors (Lipinski definition) is 3. The van der Waals surface area contributed by atoms with Crippen molar-refractivity contribution in [2.75, 3.05) is 0 Å². The van der Waals surface area contributed by atoms with Crippen LogP contribution in [0.4, 0.5) is 0 Å². The molecule has 5 nitrogen and oxygen atoms in total. The maximum absolute atomic E-state index is 9.64. The minimum atomic E-state index is -1.08. The van der Waals surface area contributed by atoms with Gasteiger partial charge in [0.1, 0.15) is 0 Å². The van der Waals surface area contributed by atoms with Crippen LogP contribution in [0, 0.1) is 0 Å². The van der Waals surface area contributed by atoms with Gasteiger partial charge in [0.05, 0.1) is 12.8 Å². The predicted molar refractivity (Wildman–Crippen MR) is 83.6 cm³/mol. The summed E-state index contributed by atoms with van der Waals surface area (Å²) in [6, 6.07) is 1.30. The summed E-state index contributed by atoms with van der Waals surface area (Å²) < 4.78 is 0. The van der Waals surface area contributed by atoms with E-state index in [1.54, 1.807) is 5.57 Å². The summed E-state index contributed by atoms with van der Waals surface area (Å²) in [6.07, 6.45) is 15.2. The molecule has 2 aliphatic carbocycles. The second kappa shape index (κ2) is 7.94. The molecule has 0 amide bonds. The Balaban J connectivity index is 0.000000192. The number of fused-ring (bicyclic) bond motifs is 2. The van der Waals surface area contributed by atoms with Crippen LogP contribution in [0.3, 0.4) is 0 Å². The molecule has 22 heavy (non-hydrogen) atoms. The van der Waals surface area contributed by atoms with Crippen molar-refractivity contribution in [3.63, 3.8) is 0 Å². The summed E-state index contributed by atoms with van der Waals surface area (Å²) in [6.45, 7) is 0. The summed E-state index contributed by atoms with van der Waals surface area (Å²) in [5, 5.41) is 19.6. The van der Waals surface area contributed by atoms with Crippen molar-refractivity contribution in [1.82, 2.24) is 5.32 Å². The Bertz CT molecular complexity index is 505. The molecule has 0 aromatic heterocycles. The molecule has 0 aromatic rings. The highest BCUT2D eigenvalue weighted by molar-refractivity contribution is 5.75. The van der Waals surface area contributed by atoms with Gasteiger partial charge < -0.3 is 15.5 Å². The lowest BCUT2D eigenvalue weighted by Crippen LogP contribution is -2.45. The van der Waals surface area contributed by atoms with Crippen molar-refractivity contribution in [1.29, 1.82) is 0 Å². The van der Waals surface area contributed by atoms with Crippen molar-refractivity contribution < 1.29 is 19.8 Å². The van der Waals surface area contributed by atoms with Gasteiger partial charge in [-0.1, -0.05) is 36.3 Å². The van der Waals surface area contributed by atoms with E-state index >= 15 is 0 Å². The lowest BCUT2D eigenvalue weighted by molar-refractivity contribution is -0.143. The Kier molecular flexibility index (Phi) is 5.95. The number of rotatable bonds is 3. The molecule has 1 saturated carbocycles. The first-order valence-corrected chi connectivity index (χ1v) is 7.83. The smallest absolute Gasteiger partial charge is 0.303 e. The van der Waals surface area contributed by atoms with Crippen molar-refractivity contribution in [2.45, 2.75) is 57.0 Å². The maximum Gasteiger partial charge on any atom is 0.303 e. The zero-order valence-corrected chi connectivity index (χ0v) is 12.6. The predicted octanol–water partition coefficient (Wildman–Crippen LogP) is 2.65. The van der Waals surface area contributed by atoms with Crippen LogP contribution in [-0.4, -0.2) is 34.2 Å². The Hall–Kier alpha value is -1.88. The van der Waals surface area contributed by atoms with Gasteiger partial charge in [0.15, 0.2) is 0 Å². The van der Waals surface area contributed by atoms with Crippen LogP contribution in [0.15, 0.2) is 35.5 Å². The topological polar surface area (TPSA) is 86.6 Å². The fraction of sp³-hybridized carbons (Fsp3) is 0.529. The first-order valence-electron chi connectivity index (χ1n) is 7.83. The van der Waals surface area contributed by atoms with E-state index in [1.165, 1.54) is 37.7 Å². The molecule has 1 fully saturated rings. The van der Waals surface area contributed by atoms with Gasteiger partial charge in [0.25, 0.3) is 0 Å². The molecule has 0 spiro atoms. The lowest BCUT2D eigenvalue weighted by Gasteiger charge is -2.36. The summed E-state index contributed by atoms with van der Waals surface area (Å²) in [5.41, 5.74) is 3.15. The average molecular weight is 305 g/mol. The minimum Gasteiger partial charge on any atom is -0.481 e. The molecule has 0 bridgehead atoms. The molecule has 0 aromatic carbocycles. The van der Waals surface area contributed by atoms with Gasteiger partial charge in [-0.05, 0) is 31.3 Å². The Morgan fingerprint density at radius 3 is 2.55 bits per heavy atom. The second-order valence-electron chi connectivity index (χ2n) is 5.85. The molecule has 1 aliphatic heterocycles. The Morgan fingerprint density at radius 2 is 1.86 bits per heavy atom. The van der Waals surface area contributed by atoms with Gasteiger partial charge in [0.2, 0.25) is 0 Å². The van der Waals surface area contributed by atoms with E-state index in [0.29, 0.717) is 12.1 Å². The summed E-state index contributed by atoms with van der Waals surface area (Å²) >= 11 is 0. The normalized spacial score (nSPS) is 25.6. The van der Waals surface area contributed by atoms with Crippen molar-refractivity contribution in [2.24, 2.45) is 0 Å². The van der Waals surface area contributed by atoms with E-state index in [1.807, 2.05) is 0 Å². The maximum atomic E-state index is 9.64. The first-order chi connectivity index (χ1) is 10.6. The molecule has 3 N–H and O–H groups in total. The number of carbonyl (C=O) groups is 2. The quantitative estimate of drug-likeness (QED) is 0.746. The van der Waals surface area contributed by atoms with Gasteiger partial charge in [0, 0.05) is 12.1 Å². The zero-order valence-electron chi connectivity index (χ0n) is 12.6. The monoisotopic (exact) mass is 305 g/mol. The molecule has 3 rings (SSSR count). The largest absolute Gasteiger partial charge is 0.481 e. The van der Waals surface area contributed by atoms with Crippen LogP contribution >= 0.6 is 0 Å². The summed E-state index contributed by atoms with van der Waals surface area (Å²) in [7, 11) is 0.